The summed E-state index contributed by atoms with van der Waals surface area (Å²) in [6.07, 6.45) is 27.2. The van der Waals surface area contributed by atoms with Gasteiger partial charge in [-0.25, -0.2) is 0 Å². The molecular weight excluding hydrogens is 366 g/mol. The Labute approximate surface area is 184 Å². The van der Waals surface area contributed by atoms with Crippen molar-refractivity contribution >= 4 is 0 Å². The van der Waals surface area contributed by atoms with Crippen LogP contribution >= 0.6 is 0 Å². The molecule has 0 aromatic carbocycles. The number of rotatable bonds is 12. The molecule has 0 heterocycles. The van der Waals surface area contributed by atoms with E-state index in [0.717, 1.165) is 11.2 Å². The maximum atomic E-state index is 6.45. The van der Waals surface area contributed by atoms with Crippen LogP contribution in [0.15, 0.2) is 0 Å². The predicted molar refractivity (Wildman–Crippen MR) is 120 cm³/mol. The van der Waals surface area contributed by atoms with Crippen molar-refractivity contribution in [3.63, 3.8) is 0 Å². The fraction of sp³-hybridized carbons (Fsp3) is 1.00. The van der Waals surface area contributed by atoms with Crippen molar-refractivity contribution in [3.05, 3.63) is 0 Å². The van der Waals surface area contributed by atoms with Crippen LogP contribution in [0, 0.1) is 0 Å². The topological polar surface area (TPSA) is 9.23 Å². The Kier molecular flexibility index (Phi) is 19.3. The molecule has 1 fully saturated rings. The fourth-order valence-electron chi connectivity index (χ4n) is 4.34. The molecule has 0 saturated heterocycles. The van der Waals surface area contributed by atoms with Crippen molar-refractivity contribution in [2.45, 2.75) is 135 Å². The molecule has 0 atom stereocenters. The first-order chi connectivity index (χ1) is 13.1. The molecule has 0 aliphatic heterocycles. The van der Waals surface area contributed by atoms with Gasteiger partial charge in [-0.05, 0) is 25.7 Å². The SMILES string of the molecule is CCCCCCCCCC[N+](C)(C)COC1CCCCCCCCCCC1.[Cl-]. The molecule has 0 bridgehead atoms. The maximum absolute atomic E-state index is 6.45. The predicted octanol–water partition coefficient (Wildman–Crippen LogP) is 4.85. The lowest BCUT2D eigenvalue weighted by Gasteiger charge is -2.31. The van der Waals surface area contributed by atoms with Crippen molar-refractivity contribution in [1.82, 2.24) is 0 Å². The van der Waals surface area contributed by atoms with Crippen molar-refractivity contribution < 1.29 is 21.6 Å². The zero-order valence-electron chi connectivity index (χ0n) is 19.7. The summed E-state index contributed by atoms with van der Waals surface area (Å²) < 4.78 is 7.48. The number of hydrogen-bond acceptors (Lipinski definition) is 1. The average Bonchev–Trinajstić information content (AvgIpc) is 2.63. The molecule has 0 aromatic rings. The number of unbranched alkanes of at least 4 members (excludes halogenated alkanes) is 7. The third kappa shape index (κ3) is 17.1. The number of hydrogen-bond donors (Lipinski definition) is 0. The molecule has 0 N–H and O–H groups in total. The second-order valence-electron chi connectivity index (χ2n) is 9.81. The van der Waals surface area contributed by atoms with E-state index in [1.54, 1.807) is 0 Å². The second-order valence-corrected chi connectivity index (χ2v) is 9.81. The molecule has 0 spiro atoms. The number of nitrogens with zero attached hydrogens (tertiary/aromatic N) is 1. The van der Waals surface area contributed by atoms with E-state index < -0.39 is 0 Å². The lowest BCUT2D eigenvalue weighted by Crippen LogP contribution is -3.00. The van der Waals surface area contributed by atoms with Gasteiger partial charge in [-0.3, -0.25) is 0 Å². The quantitative estimate of drug-likeness (QED) is 0.250. The Morgan fingerprint density at radius 1 is 0.643 bits per heavy atom. The summed E-state index contributed by atoms with van der Waals surface area (Å²) in [6, 6.07) is 0. The van der Waals surface area contributed by atoms with Crippen LogP contribution < -0.4 is 12.4 Å². The van der Waals surface area contributed by atoms with Gasteiger partial charge in [0.1, 0.15) is 0 Å². The highest BCUT2D eigenvalue weighted by Gasteiger charge is 2.18. The minimum absolute atomic E-state index is 0. The van der Waals surface area contributed by atoms with Gasteiger partial charge >= 0.3 is 0 Å². The highest BCUT2D eigenvalue weighted by atomic mass is 35.5. The zero-order valence-corrected chi connectivity index (χ0v) is 20.4. The smallest absolute Gasteiger partial charge is 0.183 e. The maximum Gasteiger partial charge on any atom is 0.183 e. The van der Waals surface area contributed by atoms with Crippen LogP contribution in [0.1, 0.15) is 129 Å². The highest BCUT2D eigenvalue weighted by Crippen LogP contribution is 2.19. The molecule has 1 aliphatic rings. The van der Waals surface area contributed by atoms with E-state index in [1.807, 2.05) is 0 Å². The molecule has 0 aromatic heterocycles. The first-order valence-corrected chi connectivity index (χ1v) is 12.6. The minimum Gasteiger partial charge on any atom is -1.00 e. The Bertz CT molecular complexity index is 310. The number of quaternary nitrogens is 1. The zero-order chi connectivity index (χ0) is 19.6. The number of halogens is 1. The molecule has 0 radical (unpaired) electrons. The van der Waals surface area contributed by atoms with Crippen LogP contribution in [0.25, 0.3) is 0 Å². The van der Waals surface area contributed by atoms with E-state index in [9.17, 15) is 0 Å². The minimum atomic E-state index is 0. The van der Waals surface area contributed by atoms with Gasteiger partial charge in [0.2, 0.25) is 0 Å². The molecule has 1 rings (SSSR count). The molecule has 0 unspecified atom stereocenters. The van der Waals surface area contributed by atoms with Crippen LogP contribution in [-0.2, 0) is 4.74 Å². The summed E-state index contributed by atoms with van der Waals surface area (Å²) in [5.41, 5.74) is 0. The molecule has 28 heavy (non-hydrogen) atoms. The summed E-state index contributed by atoms with van der Waals surface area (Å²) in [4.78, 5) is 0. The van der Waals surface area contributed by atoms with Gasteiger partial charge in [0.15, 0.2) is 6.73 Å². The molecule has 2 nitrogen and oxygen atoms in total. The molecule has 0 amide bonds. The van der Waals surface area contributed by atoms with E-state index in [2.05, 4.69) is 21.0 Å². The monoisotopic (exact) mass is 417 g/mol. The van der Waals surface area contributed by atoms with Crippen LogP contribution in [0.2, 0.25) is 0 Å². The van der Waals surface area contributed by atoms with E-state index in [4.69, 9.17) is 4.74 Å². The van der Waals surface area contributed by atoms with Crippen LogP contribution in [0.3, 0.4) is 0 Å². The Morgan fingerprint density at radius 2 is 1.07 bits per heavy atom. The third-order valence-corrected chi connectivity index (χ3v) is 6.33. The Hall–Kier alpha value is 0.210. The van der Waals surface area contributed by atoms with E-state index in [1.165, 1.54) is 129 Å². The van der Waals surface area contributed by atoms with Gasteiger partial charge in [-0.1, -0.05) is 103 Å². The van der Waals surface area contributed by atoms with E-state index >= 15 is 0 Å². The molecule has 1 saturated carbocycles. The standard InChI is InChI=1S/C25H52NO.ClH/c1-4-5-6-7-8-14-17-20-23-26(2,3)24-27-25-21-18-15-12-10-9-11-13-16-19-22-25;/h25H,4-24H2,1-3H3;1H/q+1;/p-1. The largest absolute Gasteiger partial charge is 1.00 e. The average molecular weight is 418 g/mol. The van der Waals surface area contributed by atoms with Gasteiger partial charge < -0.3 is 21.6 Å². The van der Waals surface area contributed by atoms with Crippen molar-refractivity contribution in [2.75, 3.05) is 27.4 Å². The lowest BCUT2D eigenvalue weighted by molar-refractivity contribution is -0.910. The summed E-state index contributed by atoms with van der Waals surface area (Å²) >= 11 is 0. The van der Waals surface area contributed by atoms with Crippen LogP contribution in [0.4, 0.5) is 0 Å². The van der Waals surface area contributed by atoms with Gasteiger partial charge in [-0.15, -0.1) is 0 Å². The summed E-state index contributed by atoms with van der Waals surface area (Å²) in [5, 5.41) is 0. The first kappa shape index (κ1) is 28.2. The van der Waals surface area contributed by atoms with E-state index in [-0.39, 0.29) is 12.4 Å². The van der Waals surface area contributed by atoms with Gasteiger partial charge in [0.05, 0.1) is 26.7 Å². The Morgan fingerprint density at radius 3 is 1.57 bits per heavy atom. The second kappa shape index (κ2) is 19.2. The van der Waals surface area contributed by atoms with Gasteiger partial charge in [-0.2, -0.15) is 0 Å². The fourth-order valence-corrected chi connectivity index (χ4v) is 4.34. The highest BCUT2D eigenvalue weighted by molar-refractivity contribution is 4.61. The van der Waals surface area contributed by atoms with Crippen molar-refractivity contribution in [3.8, 4) is 0 Å². The van der Waals surface area contributed by atoms with Crippen LogP contribution in [0.5, 0.6) is 0 Å². The van der Waals surface area contributed by atoms with Crippen molar-refractivity contribution in [2.24, 2.45) is 0 Å². The molecular formula is C25H52ClNO. The number of ether oxygens (including phenoxy) is 1. The van der Waals surface area contributed by atoms with Crippen LogP contribution in [-0.4, -0.2) is 38.0 Å². The molecule has 1 aliphatic carbocycles. The lowest BCUT2D eigenvalue weighted by atomic mass is 9.99. The summed E-state index contributed by atoms with van der Waals surface area (Å²) in [5.74, 6) is 0. The normalized spacial score (nSPS) is 18.1. The third-order valence-electron chi connectivity index (χ3n) is 6.33. The van der Waals surface area contributed by atoms with E-state index in [0.29, 0.717) is 6.10 Å². The molecule has 3 heteroatoms. The molecule has 170 valence electrons. The van der Waals surface area contributed by atoms with Gasteiger partial charge in [0, 0.05) is 0 Å². The summed E-state index contributed by atoms with van der Waals surface area (Å²) in [6.45, 7) is 4.47. The Balaban J connectivity index is 0.00000729. The first-order valence-electron chi connectivity index (χ1n) is 12.6. The summed E-state index contributed by atoms with van der Waals surface area (Å²) in [7, 11) is 4.72. The van der Waals surface area contributed by atoms with Gasteiger partial charge in [0.25, 0.3) is 0 Å². The van der Waals surface area contributed by atoms with Crippen molar-refractivity contribution in [1.29, 1.82) is 0 Å².